The van der Waals surface area contributed by atoms with Gasteiger partial charge < -0.3 is 9.57 Å². The summed E-state index contributed by atoms with van der Waals surface area (Å²) in [5.74, 6) is -0.718. The normalized spacial score (nSPS) is 18.9. The SMILES string of the molecule is [2H]C([2H])(c1ccc(/C(C)=N\OCc2ccc(C3CCCCC3)c(C(F)(F)F)c2)cc1CC)N1CC(C(=O)OC)C1. The summed E-state index contributed by atoms with van der Waals surface area (Å²) < 4.78 is 63.7. The average Bonchev–Trinajstić information content (AvgIpc) is 2.91. The molecule has 0 radical (unpaired) electrons. The lowest BCUT2D eigenvalue weighted by atomic mass is 9.81. The molecule has 0 spiro atoms. The Morgan fingerprint density at radius 2 is 1.84 bits per heavy atom. The molecule has 2 aromatic rings. The molecule has 1 saturated carbocycles. The lowest BCUT2D eigenvalue weighted by Gasteiger charge is -2.37. The number of likely N-dealkylation sites (tertiary alicyclic amines) is 1. The van der Waals surface area contributed by atoms with E-state index < -0.39 is 18.2 Å². The lowest BCUT2D eigenvalue weighted by Crippen LogP contribution is -2.50. The van der Waals surface area contributed by atoms with Gasteiger partial charge in [-0.2, -0.15) is 13.2 Å². The summed E-state index contributed by atoms with van der Waals surface area (Å²) in [5, 5.41) is 4.14. The smallest absolute Gasteiger partial charge is 0.416 e. The number of aryl methyl sites for hydroxylation is 1. The molecule has 4 rings (SSSR count). The number of esters is 1. The molecule has 5 nitrogen and oxygen atoms in total. The predicted molar refractivity (Wildman–Crippen MR) is 141 cm³/mol. The maximum Gasteiger partial charge on any atom is 0.416 e. The van der Waals surface area contributed by atoms with E-state index >= 15 is 0 Å². The van der Waals surface area contributed by atoms with Crippen molar-refractivity contribution in [2.75, 3.05) is 20.2 Å². The quantitative estimate of drug-likeness (QED) is 0.201. The van der Waals surface area contributed by atoms with Crippen molar-refractivity contribution >= 4 is 11.7 Å². The van der Waals surface area contributed by atoms with Crippen LogP contribution in [0.3, 0.4) is 0 Å². The van der Waals surface area contributed by atoms with Crippen LogP contribution in [0.4, 0.5) is 13.2 Å². The van der Waals surface area contributed by atoms with E-state index in [0.29, 0.717) is 28.8 Å². The summed E-state index contributed by atoms with van der Waals surface area (Å²) in [5.41, 5.74) is 2.78. The van der Waals surface area contributed by atoms with Crippen molar-refractivity contribution in [1.29, 1.82) is 0 Å². The minimum atomic E-state index is -4.43. The number of hydrogen-bond donors (Lipinski definition) is 0. The molecule has 1 aliphatic carbocycles. The number of carbonyl (C=O) groups is 1. The maximum absolute atomic E-state index is 13.9. The molecule has 0 bridgehead atoms. The van der Waals surface area contributed by atoms with Crippen molar-refractivity contribution in [2.24, 2.45) is 11.1 Å². The number of benzene rings is 2. The van der Waals surface area contributed by atoms with Crippen LogP contribution in [0.15, 0.2) is 41.6 Å². The number of alkyl halides is 3. The Morgan fingerprint density at radius 1 is 1.11 bits per heavy atom. The minimum Gasteiger partial charge on any atom is -0.469 e. The van der Waals surface area contributed by atoms with Crippen LogP contribution in [0, 0.1) is 5.92 Å². The number of hydrogen-bond acceptors (Lipinski definition) is 5. The summed E-state index contributed by atoms with van der Waals surface area (Å²) in [6.45, 7) is 2.41. The molecule has 0 aromatic heterocycles. The van der Waals surface area contributed by atoms with Crippen LogP contribution in [0.5, 0.6) is 0 Å². The third kappa shape index (κ3) is 6.76. The molecule has 0 N–H and O–H groups in total. The molecule has 2 aromatic carbocycles. The van der Waals surface area contributed by atoms with Crippen LogP contribution in [0.1, 0.15) is 88.0 Å². The maximum atomic E-state index is 13.9. The van der Waals surface area contributed by atoms with Gasteiger partial charge in [-0.1, -0.05) is 55.6 Å². The topological polar surface area (TPSA) is 51.1 Å². The van der Waals surface area contributed by atoms with Gasteiger partial charge in [-0.25, -0.2) is 0 Å². The Kier molecular flexibility index (Phi) is 8.24. The van der Waals surface area contributed by atoms with Crippen LogP contribution >= 0.6 is 0 Å². The molecule has 1 heterocycles. The number of ether oxygens (including phenoxy) is 1. The molecule has 2 fully saturated rings. The van der Waals surface area contributed by atoms with E-state index in [-0.39, 0.29) is 37.5 Å². The van der Waals surface area contributed by atoms with Crippen molar-refractivity contribution in [2.45, 2.75) is 77.6 Å². The Morgan fingerprint density at radius 3 is 2.50 bits per heavy atom. The molecule has 2 aliphatic rings. The molecule has 1 aliphatic heterocycles. The number of methoxy groups -OCH3 is 1. The standard InChI is InChI=1S/C30H37F3N2O3/c1-4-22-15-24(11-12-25(22)16-35-17-26(18-35)29(36)37-3)20(2)34-38-19-21-10-13-27(23-8-6-5-7-9-23)28(14-21)30(31,32)33/h10-15,23,26H,4-9,16-19H2,1-3H3/b34-20-/i16D2. The van der Waals surface area contributed by atoms with E-state index in [1.807, 2.05) is 13.0 Å². The summed E-state index contributed by atoms with van der Waals surface area (Å²) in [6, 6.07) is 9.80. The first-order chi connectivity index (χ1) is 19.0. The Labute approximate surface area is 225 Å². The number of oxime groups is 1. The second-order valence-corrected chi connectivity index (χ2v) is 10.2. The largest absolute Gasteiger partial charge is 0.469 e. The highest BCUT2D eigenvalue weighted by atomic mass is 19.4. The number of halogens is 3. The van der Waals surface area contributed by atoms with Gasteiger partial charge in [0.25, 0.3) is 0 Å². The fourth-order valence-corrected chi connectivity index (χ4v) is 5.24. The first-order valence-corrected chi connectivity index (χ1v) is 13.3. The van der Waals surface area contributed by atoms with Crippen LogP contribution in [-0.2, 0) is 40.1 Å². The van der Waals surface area contributed by atoms with Crippen molar-refractivity contribution in [1.82, 2.24) is 4.90 Å². The average molecular weight is 533 g/mol. The van der Waals surface area contributed by atoms with Gasteiger partial charge in [0.1, 0.15) is 6.61 Å². The van der Waals surface area contributed by atoms with Gasteiger partial charge in [0.15, 0.2) is 0 Å². The zero-order chi connectivity index (χ0) is 29.1. The Bertz CT molecular complexity index is 1240. The van der Waals surface area contributed by atoms with Gasteiger partial charge in [0.2, 0.25) is 0 Å². The van der Waals surface area contributed by atoms with E-state index in [9.17, 15) is 18.0 Å². The first-order valence-electron chi connectivity index (χ1n) is 14.3. The van der Waals surface area contributed by atoms with Gasteiger partial charge in [-0.15, -0.1) is 0 Å². The van der Waals surface area contributed by atoms with Crippen molar-refractivity contribution < 1.29 is 30.3 Å². The summed E-state index contributed by atoms with van der Waals surface area (Å²) >= 11 is 0. The predicted octanol–water partition coefficient (Wildman–Crippen LogP) is 6.86. The molecule has 0 atom stereocenters. The van der Waals surface area contributed by atoms with E-state index in [2.05, 4.69) is 5.16 Å². The molecule has 0 unspecified atom stereocenters. The number of nitrogens with zero attached hydrogens (tertiary/aromatic N) is 2. The van der Waals surface area contributed by atoms with Gasteiger partial charge >= 0.3 is 12.1 Å². The monoisotopic (exact) mass is 532 g/mol. The van der Waals surface area contributed by atoms with Gasteiger partial charge in [-0.05, 0) is 72.1 Å². The third-order valence-electron chi connectivity index (χ3n) is 7.50. The third-order valence-corrected chi connectivity index (χ3v) is 7.50. The van der Waals surface area contributed by atoms with E-state index in [4.69, 9.17) is 12.3 Å². The highest BCUT2D eigenvalue weighted by Crippen LogP contribution is 2.41. The fourth-order valence-electron chi connectivity index (χ4n) is 5.24. The van der Waals surface area contributed by atoms with Crippen molar-refractivity contribution in [3.8, 4) is 0 Å². The first kappa shape index (κ1) is 25.4. The summed E-state index contributed by atoms with van der Waals surface area (Å²) in [7, 11) is 1.33. The number of carbonyl (C=O) groups excluding carboxylic acids is 1. The van der Waals surface area contributed by atoms with Crippen LogP contribution < -0.4 is 0 Å². The highest BCUT2D eigenvalue weighted by Gasteiger charge is 2.36. The van der Waals surface area contributed by atoms with E-state index in [1.165, 1.54) is 13.2 Å². The number of rotatable bonds is 9. The van der Waals surface area contributed by atoms with Crippen molar-refractivity contribution in [3.63, 3.8) is 0 Å². The molecular formula is C30H37F3N2O3. The molecular weight excluding hydrogens is 493 g/mol. The van der Waals surface area contributed by atoms with Crippen LogP contribution in [0.25, 0.3) is 0 Å². The van der Waals surface area contributed by atoms with Crippen LogP contribution in [-0.4, -0.2) is 36.8 Å². The Hall–Kier alpha value is -2.87. The summed E-state index contributed by atoms with van der Waals surface area (Å²) in [4.78, 5) is 18.8. The molecule has 0 amide bonds. The highest BCUT2D eigenvalue weighted by molar-refractivity contribution is 5.98. The fraction of sp³-hybridized carbons (Fsp3) is 0.533. The molecule has 8 heteroatoms. The van der Waals surface area contributed by atoms with Gasteiger partial charge in [-0.3, -0.25) is 9.69 Å². The lowest BCUT2D eigenvalue weighted by molar-refractivity contribution is -0.151. The molecule has 38 heavy (non-hydrogen) atoms. The molecule has 1 saturated heterocycles. The minimum absolute atomic E-state index is 0.0575. The zero-order valence-corrected chi connectivity index (χ0v) is 22.2. The van der Waals surface area contributed by atoms with Gasteiger partial charge in [0, 0.05) is 22.3 Å². The van der Waals surface area contributed by atoms with Crippen LogP contribution in [0.2, 0.25) is 0 Å². The van der Waals surface area contributed by atoms with Gasteiger partial charge in [0.05, 0.1) is 24.3 Å². The second kappa shape index (κ2) is 12.3. The Balaban J connectivity index is 1.45. The van der Waals surface area contributed by atoms with E-state index in [0.717, 1.165) is 43.2 Å². The summed E-state index contributed by atoms with van der Waals surface area (Å²) in [6.07, 6.45) is 0.719. The molecule has 206 valence electrons. The zero-order valence-electron chi connectivity index (χ0n) is 24.2. The van der Waals surface area contributed by atoms with Crippen molar-refractivity contribution in [3.05, 3.63) is 69.8 Å². The van der Waals surface area contributed by atoms with E-state index in [1.54, 1.807) is 36.1 Å². The second-order valence-electron chi connectivity index (χ2n) is 10.2.